The molecule has 8 rings (SSSR count). The van der Waals surface area contributed by atoms with Gasteiger partial charge in [-0.2, -0.15) is 9.13 Å². The number of nitrogens with two attached hydrogens (primary N) is 4. The van der Waals surface area contributed by atoms with Crippen LogP contribution in [0.15, 0.2) is 133 Å². The molecule has 0 bridgehead atoms. The maximum Gasteiger partial charge on any atom is 0.220 e. The van der Waals surface area contributed by atoms with Gasteiger partial charge in [0.05, 0.1) is 21.5 Å². The largest absolute Gasteiger partial charge is 0.399 e. The number of hydrogen-bond acceptors (Lipinski definition) is 4. The number of hydrogen-bond donors (Lipinski definition) is 4. The van der Waals surface area contributed by atoms with Gasteiger partial charge in [-0.1, -0.05) is 48.5 Å². The van der Waals surface area contributed by atoms with E-state index < -0.39 is 0 Å². The molecule has 0 radical (unpaired) electrons. The smallest absolute Gasteiger partial charge is 0.220 e. The van der Waals surface area contributed by atoms with E-state index in [1.54, 1.807) is 0 Å². The van der Waals surface area contributed by atoms with E-state index in [1.165, 1.54) is 64.7 Å². The fourth-order valence-electron chi connectivity index (χ4n) is 6.99. The summed E-state index contributed by atoms with van der Waals surface area (Å²) in [5.41, 5.74) is 61.5. The van der Waals surface area contributed by atoms with E-state index in [9.17, 15) is 0 Å². The number of benzene rings is 6. The number of pyridine rings is 2. The van der Waals surface area contributed by atoms with Crippen molar-refractivity contribution in [2.75, 3.05) is 22.9 Å². The summed E-state index contributed by atoms with van der Waals surface area (Å²) in [5, 5.41) is 7.12. The Balaban J connectivity index is 0.000000182. The lowest BCUT2D eigenvalue weighted by atomic mass is 9.98. The van der Waals surface area contributed by atoms with Crippen molar-refractivity contribution in [3.63, 3.8) is 0 Å². The van der Waals surface area contributed by atoms with E-state index in [0.29, 0.717) is 0 Å². The lowest BCUT2D eigenvalue weighted by Crippen LogP contribution is -2.36. The van der Waals surface area contributed by atoms with Crippen LogP contribution in [0, 0.1) is 0 Å². The van der Waals surface area contributed by atoms with Crippen LogP contribution in [-0.2, 0) is 13.1 Å². The molecule has 12 heteroatoms. The highest BCUT2D eigenvalue weighted by molar-refractivity contribution is 6.11. The van der Waals surface area contributed by atoms with Gasteiger partial charge < -0.3 is 45.1 Å². The van der Waals surface area contributed by atoms with Crippen molar-refractivity contribution in [3.8, 4) is 22.5 Å². The van der Waals surface area contributed by atoms with Crippen molar-refractivity contribution < 1.29 is 9.13 Å². The minimum atomic E-state index is 0.775. The first-order valence-corrected chi connectivity index (χ1v) is 17.2. The zero-order chi connectivity index (χ0) is 38.8. The van der Waals surface area contributed by atoms with Gasteiger partial charge in [-0.3, -0.25) is 9.82 Å². The van der Waals surface area contributed by atoms with Crippen molar-refractivity contribution in [1.82, 2.24) is 0 Å². The summed E-state index contributed by atoms with van der Waals surface area (Å²) < 4.78 is 4.64. The average molecular weight is 713 g/mol. The lowest BCUT2D eigenvalue weighted by Gasteiger charge is -2.12. The minimum Gasteiger partial charge on any atom is -0.399 e. The molecule has 0 saturated heterocycles. The molecule has 0 saturated carbocycles. The van der Waals surface area contributed by atoms with Crippen molar-refractivity contribution in [3.05, 3.63) is 165 Å². The van der Waals surface area contributed by atoms with Crippen LogP contribution in [-0.4, -0.2) is 0 Å². The lowest BCUT2D eigenvalue weighted by molar-refractivity contribution is -0.655. The molecule has 8 aromatic rings. The molecular formula is C42H40N12. The second-order valence-corrected chi connectivity index (χ2v) is 12.3. The van der Waals surface area contributed by atoms with E-state index in [-0.39, 0.29) is 0 Å². The summed E-state index contributed by atoms with van der Waals surface area (Å²) in [7, 11) is 0. The summed E-state index contributed by atoms with van der Waals surface area (Å²) in [6.07, 6.45) is 0. The molecule has 54 heavy (non-hydrogen) atoms. The van der Waals surface area contributed by atoms with E-state index in [0.717, 1.165) is 46.9 Å². The number of nitrogens with zero attached hydrogens (tertiary/aromatic N) is 8. The van der Waals surface area contributed by atoms with Gasteiger partial charge in [0, 0.05) is 56.8 Å². The Hall–Kier alpha value is -7.52. The molecule has 0 atom stereocenters. The third kappa shape index (κ3) is 7.70. The van der Waals surface area contributed by atoms with E-state index in [4.69, 9.17) is 45.1 Å². The molecule has 6 aromatic carbocycles. The van der Waals surface area contributed by atoms with Crippen LogP contribution in [0.3, 0.4) is 0 Å². The second kappa shape index (κ2) is 17.1. The zero-order valence-electron chi connectivity index (χ0n) is 30.0. The van der Waals surface area contributed by atoms with Crippen LogP contribution in [0.25, 0.3) is 97.8 Å². The summed E-state index contributed by atoms with van der Waals surface area (Å²) in [6.45, 7) is 6.03. The number of nitrogen functional groups attached to an aromatic ring is 4. The molecule has 2 heterocycles. The van der Waals surface area contributed by atoms with E-state index >= 15 is 0 Å². The first-order valence-electron chi connectivity index (χ1n) is 17.2. The number of anilines is 4. The average Bonchev–Trinajstić information content (AvgIpc) is 3.18. The van der Waals surface area contributed by atoms with Gasteiger partial charge in [0.1, 0.15) is 13.1 Å². The van der Waals surface area contributed by atoms with Gasteiger partial charge in [-0.05, 0) is 86.6 Å². The van der Waals surface area contributed by atoms with E-state index in [2.05, 4.69) is 120 Å². The van der Waals surface area contributed by atoms with Crippen molar-refractivity contribution in [2.24, 2.45) is 0 Å². The van der Waals surface area contributed by atoms with Crippen LogP contribution in [0.5, 0.6) is 0 Å². The molecule has 0 unspecified atom stereocenters. The van der Waals surface area contributed by atoms with Crippen LogP contribution in [0.2, 0.25) is 0 Å². The predicted molar refractivity (Wildman–Crippen MR) is 223 cm³/mol. The van der Waals surface area contributed by atoms with Gasteiger partial charge >= 0.3 is 0 Å². The van der Waals surface area contributed by atoms with Crippen LogP contribution in [0.4, 0.5) is 22.7 Å². The molecule has 0 amide bonds. The van der Waals surface area contributed by atoms with Gasteiger partial charge in [-0.25, -0.2) is 0 Å². The number of rotatable bonds is 4. The molecule has 8 N–H and O–H groups in total. The van der Waals surface area contributed by atoms with Crippen molar-refractivity contribution in [1.29, 1.82) is 0 Å². The highest BCUT2D eigenvalue weighted by Gasteiger charge is 2.24. The molecule has 0 aliphatic rings. The van der Waals surface area contributed by atoms with Crippen molar-refractivity contribution in [2.45, 2.75) is 26.9 Å². The van der Waals surface area contributed by atoms with Crippen LogP contribution < -0.4 is 32.1 Å². The number of aromatic nitrogens is 2. The molecule has 0 aliphatic heterocycles. The highest BCUT2D eigenvalue weighted by Crippen LogP contribution is 2.35. The maximum absolute atomic E-state index is 6.75. The Morgan fingerprint density at radius 1 is 0.407 bits per heavy atom. The Bertz CT molecular complexity index is 2480. The monoisotopic (exact) mass is 712 g/mol. The molecular weight excluding hydrogens is 673 g/mol. The summed E-state index contributed by atoms with van der Waals surface area (Å²) >= 11 is 0. The summed E-state index contributed by atoms with van der Waals surface area (Å²) in [6, 6.07) is 45.4. The SMILES string of the molecule is CC[n+]1c(-c2ccccc2)c2cc(N)ccc2c2ccc(N)cc21.CC[n+]1c(-c2ccccc2)c2cc(N)ccc2c2ccc(N)cc21.[N-]=[N+]=[N-].[N-]=[N+]=[N-]. The molecule has 268 valence electrons. The summed E-state index contributed by atoms with van der Waals surface area (Å²) in [5.74, 6) is 0. The quantitative estimate of drug-likeness (QED) is 0.0348. The van der Waals surface area contributed by atoms with Crippen molar-refractivity contribution >= 4 is 66.1 Å². The Labute approximate surface area is 312 Å². The first kappa shape index (κ1) is 37.7. The first-order chi connectivity index (χ1) is 26.2. The molecule has 0 aliphatic carbocycles. The zero-order valence-corrected chi connectivity index (χ0v) is 30.0. The third-order valence-corrected chi connectivity index (χ3v) is 9.07. The number of fused-ring (bicyclic) bond motifs is 6. The minimum absolute atomic E-state index is 0.775. The number of aryl methyl sites for hydroxylation is 2. The fraction of sp³-hybridized carbons (Fsp3) is 0.0952. The van der Waals surface area contributed by atoms with Gasteiger partial charge in [0.15, 0.2) is 0 Å². The Kier molecular flexibility index (Phi) is 12.0. The van der Waals surface area contributed by atoms with Gasteiger partial charge in [-0.15, -0.1) is 0 Å². The topological polar surface area (TPSA) is 229 Å². The molecule has 0 spiro atoms. The normalized spacial score (nSPS) is 10.3. The third-order valence-electron chi connectivity index (χ3n) is 9.07. The van der Waals surface area contributed by atoms with Gasteiger partial charge in [0.25, 0.3) is 0 Å². The summed E-state index contributed by atoms with van der Waals surface area (Å²) in [4.78, 5) is 3.00. The van der Waals surface area contributed by atoms with Crippen LogP contribution >= 0.6 is 0 Å². The Morgan fingerprint density at radius 3 is 1.02 bits per heavy atom. The Morgan fingerprint density at radius 2 is 0.704 bits per heavy atom. The molecule has 0 fully saturated rings. The molecule has 12 nitrogen and oxygen atoms in total. The van der Waals surface area contributed by atoms with Gasteiger partial charge in [0.2, 0.25) is 22.4 Å². The maximum atomic E-state index is 6.75. The predicted octanol–water partition coefficient (Wildman–Crippen LogP) is 10.00. The van der Waals surface area contributed by atoms with E-state index in [1.807, 2.05) is 36.4 Å². The second-order valence-electron chi connectivity index (χ2n) is 12.3. The fourth-order valence-corrected chi connectivity index (χ4v) is 6.99. The van der Waals surface area contributed by atoms with Crippen LogP contribution in [0.1, 0.15) is 13.8 Å². The highest BCUT2D eigenvalue weighted by atomic mass is 15.0. The standard InChI is InChI=1S/2C21H19N3.2N3/c2*1-2-24-20-13-16(23)9-11-18(20)17-10-8-15(22)12-19(17)21(24)14-6-4-3-5-7-14;2*1-3-2/h2*3-13,23H,2,22H2,1H3;;/q;;2*-1/p+2. The molecule has 2 aromatic heterocycles.